The van der Waals surface area contributed by atoms with Gasteiger partial charge < -0.3 is 20.3 Å². The highest BCUT2D eigenvalue weighted by atomic mass is 16.5. The molecule has 0 radical (unpaired) electrons. The molecule has 110 valence electrons. The highest BCUT2D eigenvalue weighted by Gasteiger charge is 2.20. The third-order valence-corrected chi connectivity index (χ3v) is 3.91. The van der Waals surface area contributed by atoms with Crippen LogP contribution in [0.3, 0.4) is 0 Å². The first-order chi connectivity index (χ1) is 10.2. The quantitative estimate of drug-likeness (QED) is 0.811. The molecule has 0 bridgehead atoms. The minimum Gasteiger partial charge on any atom is -0.508 e. The molecule has 3 N–H and O–H groups in total. The SMILES string of the molecule is COc1ccc2c(c1)CCNC2Cc1cc(O)cc(O)c1. The summed E-state index contributed by atoms with van der Waals surface area (Å²) in [6, 6.07) is 11.1. The Hall–Kier alpha value is -2.20. The molecule has 0 amide bonds. The second-order valence-corrected chi connectivity index (χ2v) is 5.38. The van der Waals surface area contributed by atoms with Gasteiger partial charge in [0.15, 0.2) is 0 Å². The molecular weight excluding hydrogens is 266 g/mol. The van der Waals surface area contributed by atoms with E-state index in [1.165, 1.54) is 17.2 Å². The van der Waals surface area contributed by atoms with Gasteiger partial charge in [-0.3, -0.25) is 0 Å². The predicted molar refractivity (Wildman–Crippen MR) is 80.9 cm³/mol. The molecule has 0 spiro atoms. The van der Waals surface area contributed by atoms with Crippen molar-refractivity contribution in [2.45, 2.75) is 18.9 Å². The summed E-state index contributed by atoms with van der Waals surface area (Å²) >= 11 is 0. The molecule has 0 aliphatic carbocycles. The zero-order valence-electron chi connectivity index (χ0n) is 12.0. The van der Waals surface area contributed by atoms with Crippen molar-refractivity contribution in [3.8, 4) is 17.2 Å². The molecule has 0 saturated heterocycles. The van der Waals surface area contributed by atoms with Crippen LogP contribution in [0.2, 0.25) is 0 Å². The minimum absolute atomic E-state index is 0.0933. The van der Waals surface area contributed by atoms with Gasteiger partial charge in [-0.2, -0.15) is 0 Å². The molecule has 1 aliphatic rings. The monoisotopic (exact) mass is 285 g/mol. The van der Waals surface area contributed by atoms with Crippen molar-refractivity contribution < 1.29 is 14.9 Å². The lowest BCUT2D eigenvalue weighted by molar-refractivity contribution is 0.412. The molecule has 0 fully saturated rings. The lowest BCUT2D eigenvalue weighted by Gasteiger charge is -2.27. The fourth-order valence-electron chi connectivity index (χ4n) is 2.95. The molecule has 0 aromatic heterocycles. The van der Waals surface area contributed by atoms with Crippen LogP contribution in [0.1, 0.15) is 22.7 Å². The maximum Gasteiger partial charge on any atom is 0.119 e. The third-order valence-electron chi connectivity index (χ3n) is 3.91. The number of ether oxygens (including phenoxy) is 1. The topological polar surface area (TPSA) is 61.7 Å². The highest BCUT2D eigenvalue weighted by Crippen LogP contribution is 2.30. The molecule has 2 aromatic rings. The second kappa shape index (κ2) is 5.66. The molecule has 2 aromatic carbocycles. The van der Waals surface area contributed by atoms with Crippen LogP contribution in [0, 0.1) is 0 Å². The van der Waals surface area contributed by atoms with Crippen molar-refractivity contribution >= 4 is 0 Å². The van der Waals surface area contributed by atoms with Gasteiger partial charge in [-0.25, -0.2) is 0 Å². The molecule has 21 heavy (non-hydrogen) atoms. The van der Waals surface area contributed by atoms with Gasteiger partial charge in [0.25, 0.3) is 0 Å². The molecule has 4 nitrogen and oxygen atoms in total. The predicted octanol–water partition coefficient (Wildman–Crippen LogP) is 2.54. The van der Waals surface area contributed by atoms with Crippen molar-refractivity contribution in [1.29, 1.82) is 0 Å². The molecular formula is C17H19NO3. The largest absolute Gasteiger partial charge is 0.508 e. The second-order valence-electron chi connectivity index (χ2n) is 5.38. The van der Waals surface area contributed by atoms with Crippen LogP contribution in [-0.4, -0.2) is 23.9 Å². The zero-order valence-corrected chi connectivity index (χ0v) is 12.0. The number of nitrogens with one attached hydrogen (secondary N) is 1. The number of aromatic hydroxyl groups is 2. The first-order valence-corrected chi connectivity index (χ1v) is 7.08. The van der Waals surface area contributed by atoms with Gasteiger partial charge >= 0.3 is 0 Å². The number of hydrogen-bond donors (Lipinski definition) is 3. The van der Waals surface area contributed by atoms with E-state index in [4.69, 9.17) is 4.74 Å². The average Bonchev–Trinajstić information content (AvgIpc) is 2.46. The summed E-state index contributed by atoms with van der Waals surface area (Å²) in [7, 11) is 1.68. The molecule has 1 heterocycles. The van der Waals surface area contributed by atoms with Crippen molar-refractivity contribution in [3.05, 3.63) is 53.1 Å². The van der Waals surface area contributed by atoms with Crippen LogP contribution in [0.15, 0.2) is 36.4 Å². The number of phenolic OH excluding ortho intramolecular Hbond substituents is 2. The van der Waals surface area contributed by atoms with Gasteiger partial charge in [0.1, 0.15) is 17.2 Å². The van der Waals surface area contributed by atoms with Gasteiger partial charge in [-0.1, -0.05) is 6.07 Å². The smallest absolute Gasteiger partial charge is 0.119 e. The summed E-state index contributed by atoms with van der Waals surface area (Å²) < 4.78 is 5.28. The fourth-order valence-corrected chi connectivity index (χ4v) is 2.95. The Morgan fingerprint density at radius 1 is 1.14 bits per heavy atom. The van der Waals surface area contributed by atoms with Gasteiger partial charge in [0, 0.05) is 12.1 Å². The molecule has 3 rings (SSSR count). The van der Waals surface area contributed by atoms with E-state index in [9.17, 15) is 10.2 Å². The van der Waals surface area contributed by atoms with E-state index in [-0.39, 0.29) is 17.5 Å². The van der Waals surface area contributed by atoms with Crippen LogP contribution >= 0.6 is 0 Å². The van der Waals surface area contributed by atoms with Crippen molar-refractivity contribution in [3.63, 3.8) is 0 Å². The number of rotatable bonds is 3. The number of hydrogen-bond acceptors (Lipinski definition) is 4. The number of fused-ring (bicyclic) bond motifs is 1. The summed E-state index contributed by atoms with van der Waals surface area (Å²) in [6.07, 6.45) is 1.70. The summed E-state index contributed by atoms with van der Waals surface area (Å²) in [5, 5.41) is 22.7. The summed E-state index contributed by atoms with van der Waals surface area (Å²) in [6.45, 7) is 0.912. The Bertz CT molecular complexity index is 634. The zero-order chi connectivity index (χ0) is 14.8. The third kappa shape index (κ3) is 2.95. The normalized spacial score (nSPS) is 17.3. The van der Waals surface area contributed by atoms with E-state index in [2.05, 4.69) is 17.4 Å². The van der Waals surface area contributed by atoms with Gasteiger partial charge in [-0.05, 0) is 60.3 Å². The molecule has 0 saturated carbocycles. The van der Waals surface area contributed by atoms with Gasteiger partial charge in [0.05, 0.1) is 7.11 Å². The summed E-state index contributed by atoms with van der Waals surface area (Å²) in [5.41, 5.74) is 3.46. The van der Waals surface area contributed by atoms with Crippen LogP contribution in [-0.2, 0) is 12.8 Å². The Kier molecular flexibility index (Phi) is 3.71. The lowest BCUT2D eigenvalue weighted by atomic mass is 9.90. The van der Waals surface area contributed by atoms with Gasteiger partial charge in [-0.15, -0.1) is 0 Å². The molecule has 1 atom stereocenters. The Balaban J connectivity index is 1.88. The van der Waals surface area contributed by atoms with E-state index in [1.807, 2.05) is 6.07 Å². The van der Waals surface area contributed by atoms with Crippen LogP contribution in [0.5, 0.6) is 17.2 Å². The van der Waals surface area contributed by atoms with Crippen molar-refractivity contribution in [2.75, 3.05) is 13.7 Å². The Morgan fingerprint density at radius 2 is 1.90 bits per heavy atom. The molecule has 1 aliphatic heterocycles. The Labute approximate surface area is 124 Å². The highest BCUT2D eigenvalue weighted by molar-refractivity contribution is 5.42. The summed E-state index contributed by atoms with van der Waals surface area (Å²) in [4.78, 5) is 0. The Morgan fingerprint density at radius 3 is 2.62 bits per heavy atom. The van der Waals surface area contributed by atoms with Crippen molar-refractivity contribution in [1.82, 2.24) is 5.32 Å². The molecule has 4 heteroatoms. The van der Waals surface area contributed by atoms with E-state index in [0.717, 1.165) is 30.7 Å². The maximum absolute atomic E-state index is 9.59. The van der Waals surface area contributed by atoms with E-state index in [1.54, 1.807) is 19.2 Å². The van der Waals surface area contributed by atoms with Crippen molar-refractivity contribution in [2.24, 2.45) is 0 Å². The fraction of sp³-hybridized carbons (Fsp3) is 0.294. The van der Waals surface area contributed by atoms with Gasteiger partial charge in [0.2, 0.25) is 0 Å². The first kappa shape index (κ1) is 13.8. The number of methoxy groups -OCH3 is 1. The number of benzene rings is 2. The standard InChI is InChI=1S/C17H19NO3/c1-21-15-2-3-16-12(9-15)4-5-18-17(16)8-11-6-13(19)10-14(20)7-11/h2-3,6-7,9-10,17-20H,4-5,8H2,1H3. The molecule has 1 unspecified atom stereocenters. The van der Waals surface area contributed by atoms with Crippen LogP contribution < -0.4 is 10.1 Å². The summed E-state index contributed by atoms with van der Waals surface area (Å²) in [5.74, 6) is 1.07. The minimum atomic E-state index is 0.0933. The number of phenols is 2. The van der Waals surface area contributed by atoms with E-state index >= 15 is 0 Å². The van der Waals surface area contributed by atoms with E-state index in [0.29, 0.717) is 0 Å². The first-order valence-electron chi connectivity index (χ1n) is 7.08. The maximum atomic E-state index is 9.59. The lowest BCUT2D eigenvalue weighted by Crippen LogP contribution is -2.31. The van der Waals surface area contributed by atoms with E-state index < -0.39 is 0 Å². The van der Waals surface area contributed by atoms with Crippen LogP contribution in [0.4, 0.5) is 0 Å². The van der Waals surface area contributed by atoms with Crippen LogP contribution in [0.25, 0.3) is 0 Å². The average molecular weight is 285 g/mol.